The van der Waals surface area contributed by atoms with Crippen molar-refractivity contribution in [2.75, 3.05) is 0 Å². The molecule has 25 heavy (non-hydrogen) atoms. The highest BCUT2D eigenvalue weighted by molar-refractivity contribution is 5.99. The smallest absolute Gasteiger partial charge is 0.256 e. The summed E-state index contributed by atoms with van der Waals surface area (Å²) < 4.78 is 15.7. The Morgan fingerprint density at radius 1 is 1.12 bits per heavy atom. The van der Waals surface area contributed by atoms with E-state index in [4.69, 9.17) is 0 Å². The molecular formula is C19H21FN4O. The van der Waals surface area contributed by atoms with Crippen LogP contribution in [-0.4, -0.2) is 37.7 Å². The van der Waals surface area contributed by atoms with E-state index in [-0.39, 0.29) is 18.0 Å². The van der Waals surface area contributed by atoms with Crippen molar-refractivity contribution < 1.29 is 9.18 Å². The SMILES string of the molecule is CC(C)N(C(=O)c1cc(F)ccc1-n1ccc2ccnnc21)C(C)C. The topological polar surface area (TPSA) is 51.0 Å². The molecule has 2 aromatic heterocycles. The molecule has 3 rings (SSSR count). The average molecular weight is 340 g/mol. The van der Waals surface area contributed by atoms with Gasteiger partial charge in [-0.25, -0.2) is 4.39 Å². The molecule has 0 aliphatic carbocycles. The number of halogens is 1. The molecule has 0 radical (unpaired) electrons. The monoisotopic (exact) mass is 340 g/mol. The minimum Gasteiger partial charge on any atom is -0.334 e. The molecule has 0 unspecified atom stereocenters. The zero-order chi connectivity index (χ0) is 18.1. The second kappa shape index (κ2) is 6.63. The summed E-state index contributed by atoms with van der Waals surface area (Å²) in [6, 6.07) is 7.99. The molecule has 0 fully saturated rings. The quantitative estimate of drug-likeness (QED) is 0.725. The molecular weight excluding hydrogens is 319 g/mol. The van der Waals surface area contributed by atoms with Crippen molar-refractivity contribution in [3.05, 3.63) is 54.1 Å². The van der Waals surface area contributed by atoms with Crippen LogP contribution >= 0.6 is 0 Å². The third-order valence-corrected chi connectivity index (χ3v) is 4.16. The van der Waals surface area contributed by atoms with Gasteiger partial charge in [0.1, 0.15) is 5.82 Å². The number of hydrogen-bond acceptors (Lipinski definition) is 3. The van der Waals surface area contributed by atoms with Gasteiger partial charge >= 0.3 is 0 Å². The fourth-order valence-corrected chi connectivity index (χ4v) is 3.17. The molecule has 3 aromatic rings. The molecule has 130 valence electrons. The number of aromatic nitrogens is 3. The molecule has 0 saturated carbocycles. The molecule has 5 nitrogen and oxygen atoms in total. The van der Waals surface area contributed by atoms with Crippen molar-refractivity contribution in [1.29, 1.82) is 0 Å². The highest BCUT2D eigenvalue weighted by Gasteiger charge is 2.25. The first-order valence-corrected chi connectivity index (χ1v) is 8.31. The van der Waals surface area contributed by atoms with Gasteiger partial charge in [-0.05, 0) is 58.0 Å². The molecule has 0 aliphatic rings. The van der Waals surface area contributed by atoms with E-state index in [0.29, 0.717) is 16.9 Å². The van der Waals surface area contributed by atoms with Crippen LogP contribution in [0.5, 0.6) is 0 Å². The lowest BCUT2D eigenvalue weighted by Gasteiger charge is -2.31. The third-order valence-electron chi connectivity index (χ3n) is 4.16. The Morgan fingerprint density at radius 2 is 1.84 bits per heavy atom. The van der Waals surface area contributed by atoms with Gasteiger partial charge in [-0.3, -0.25) is 9.36 Å². The maximum atomic E-state index is 13.9. The fraction of sp³-hybridized carbons (Fsp3) is 0.316. The zero-order valence-electron chi connectivity index (χ0n) is 14.8. The van der Waals surface area contributed by atoms with Crippen LogP contribution in [0.2, 0.25) is 0 Å². The van der Waals surface area contributed by atoms with Gasteiger partial charge in [-0.15, -0.1) is 5.10 Å². The summed E-state index contributed by atoms with van der Waals surface area (Å²) in [5.41, 5.74) is 1.53. The van der Waals surface area contributed by atoms with E-state index < -0.39 is 5.82 Å². The Labute approximate surface area is 146 Å². The molecule has 1 aromatic carbocycles. The summed E-state index contributed by atoms with van der Waals surface area (Å²) >= 11 is 0. The first-order valence-electron chi connectivity index (χ1n) is 8.31. The number of rotatable bonds is 4. The van der Waals surface area contributed by atoms with E-state index in [0.717, 1.165) is 5.39 Å². The number of carbonyl (C=O) groups is 1. The molecule has 0 spiro atoms. The van der Waals surface area contributed by atoms with E-state index in [1.165, 1.54) is 12.1 Å². The molecule has 0 atom stereocenters. The van der Waals surface area contributed by atoms with Gasteiger partial charge in [-0.1, -0.05) is 0 Å². The Kier molecular flexibility index (Phi) is 4.53. The van der Waals surface area contributed by atoms with Gasteiger partial charge in [-0.2, -0.15) is 5.10 Å². The van der Waals surface area contributed by atoms with E-state index in [1.807, 2.05) is 46.0 Å². The number of benzene rings is 1. The molecule has 0 N–H and O–H groups in total. The number of hydrogen-bond donors (Lipinski definition) is 0. The predicted octanol–water partition coefficient (Wildman–Crippen LogP) is 3.82. The van der Waals surface area contributed by atoms with Crippen molar-refractivity contribution in [2.24, 2.45) is 0 Å². The highest BCUT2D eigenvalue weighted by atomic mass is 19.1. The molecule has 6 heteroatoms. The summed E-state index contributed by atoms with van der Waals surface area (Å²) in [6.45, 7) is 7.81. The standard InChI is InChI=1S/C19H21FN4O/c1-12(2)24(13(3)4)19(25)16-11-15(20)5-6-17(16)23-10-8-14-7-9-21-22-18(14)23/h5-13H,1-4H3. The van der Waals surface area contributed by atoms with Crippen molar-refractivity contribution in [2.45, 2.75) is 39.8 Å². The van der Waals surface area contributed by atoms with Crippen LogP contribution in [0, 0.1) is 5.82 Å². The van der Waals surface area contributed by atoms with Crippen LogP contribution in [0.15, 0.2) is 42.7 Å². The van der Waals surface area contributed by atoms with Crippen LogP contribution < -0.4 is 0 Å². The Hall–Kier alpha value is -2.76. The Morgan fingerprint density at radius 3 is 2.52 bits per heavy atom. The van der Waals surface area contributed by atoms with Gasteiger partial charge in [0.2, 0.25) is 0 Å². The second-order valence-electron chi connectivity index (χ2n) is 6.56. The van der Waals surface area contributed by atoms with Crippen molar-refractivity contribution >= 4 is 16.9 Å². The second-order valence-corrected chi connectivity index (χ2v) is 6.56. The van der Waals surface area contributed by atoms with Crippen LogP contribution in [0.3, 0.4) is 0 Å². The van der Waals surface area contributed by atoms with E-state index in [1.54, 1.807) is 21.7 Å². The van der Waals surface area contributed by atoms with E-state index in [9.17, 15) is 9.18 Å². The number of carbonyl (C=O) groups excluding carboxylic acids is 1. The predicted molar refractivity (Wildman–Crippen MR) is 95.3 cm³/mol. The van der Waals surface area contributed by atoms with E-state index >= 15 is 0 Å². The maximum absolute atomic E-state index is 13.9. The Bertz CT molecular complexity index is 909. The van der Waals surface area contributed by atoms with Gasteiger partial charge in [0.05, 0.1) is 17.4 Å². The van der Waals surface area contributed by atoms with E-state index in [2.05, 4.69) is 10.2 Å². The lowest BCUT2D eigenvalue weighted by molar-refractivity contribution is 0.0643. The minimum absolute atomic E-state index is 0.00446. The zero-order valence-corrected chi connectivity index (χ0v) is 14.8. The average Bonchev–Trinajstić information content (AvgIpc) is 2.98. The van der Waals surface area contributed by atoms with Gasteiger partial charge in [0.15, 0.2) is 5.65 Å². The Balaban J connectivity index is 2.18. The van der Waals surface area contributed by atoms with Crippen molar-refractivity contribution in [3.8, 4) is 5.69 Å². The van der Waals surface area contributed by atoms with Crippen molar-refractivity contribution in [1.82, 2.24) is 19.7 Å². The molecule has 0 bridgehead atoms. The van der Waals surface area contributed by atoms with Gasteiger partial charge in [0.25, 0.3) is 5.91 Å². The number of amides is 1. The van der Waals surface area contributed by atoms with Gasteiger partial charge in [0, 0.05) is 23.7 Å². The lowest BCUT2D eigenvalue weighted by Crippen LogP contribution is -2.42. The summed E-state index contributed by atoms with van der Waals surface area (Å²) in [7, 11) is 0. The van der Waals surface area contributed by atoms with Crippen LogP contribution in [0.25, 0.3) is 16.7 Å². The first-order chi connectivity index (χ1) is 11.9. The molecule has 2 heterocycles. The minimum atomic E-state index is -0.442. The summed E-state index contributed by atoms with van der Waals surface area (Å²) in [6.07, 6.45) is 3.43. The third kappa shape index (κ3) is 3.12. The normalized spacial score (nSPS) is 11.5. The first kappa shape index (κ1) is 17.1. The number of nitrogens with zero attached hydrogens (tertiary/aromatic N) is 4. The summed E-state index contributed by atoms with van der Waals surface area (Å²) in [5, 5.41) is 8.97. The lowest BCUT2D eigenvalue weighted by atomic mass is 10.1. The highest BCUT2D eigenvalue weighted by Crippen LogP contribution is 2.24. The largest absolute Gasteiger partial charge is 0.334 e. The molecule has 0 saturated heterocycles. The van der Waals surface area contributed by atoms with Gasteiger partial charge < -0.3 is 4.90 Å². The maximum Gasteiger partial charge on any atom is 0.256 e. The fourth-order valence-electron chi connectivity index (χ4n) is 3.17. The molecule has 1 amide bonds. The van der Waals surface area contributed by atoms with Crippen molar-refractivity contribution in [3.63, 3.8) is 0 Å². The van der Waals surface area contributed by atoms with Crippen LogP contribution in [0.1, 0.15) is 38.1 Å². The van der Waals surface area contributed by atoms with Crippen LogP contribution in [0.4, 0.5) is 4.39 Å². The summed E-state index contributed by atoms with van der Waals surface area (Å²) in [4.78, 5) is 14.9. The van der Waals surface area contributed by atoms with Crippen LogP contribution in [-0.2, 0) is 0 Å². The summed E-state index contributed by atoms with van der Waals surface area (Å²) in [5.74, 6) is -0.646. The molecule has 0 aliphatic heterocycles. The number of fused-ring (bicyclic) bond motifs is 1.